The smallest absolute Gasteiger partial charge is 0.192 e. The van der Waals surface area contributed by atoms with Crippen LogP contribution in [0.2, 0.25) is 0 Å². The van der Waals surface area contributed by atoms with Crippen LogP contribution in [-0.2, 0) is 0 Å². The van der Waals surface area contributed by atoms with Crippen LogP contribution in [0.3, 0.4) is 0 Å². The quantitative estimate of drug-likeness (QED) is 0.858. The molecule has 0 unspecified atom stereocenters. The summed E-state index contributed by atoms with van der Waals surface area (Å²) >= 11 is 0. The Morgan fingerprint density at radius 3 is 2.83 bits per heavy atom. The largest absolute Gasteiger partial charge is 0.504 e. The Hall–Kier alpha value is -2.75. The normalized spacial score (nSPS) is 15.7. The van der Waals surface area contributed by atoms with Crippen LogP contribution >= 0.6 is 0 Å². The van der Waals surface area contributed by atoms with E-state index in [1.165, 1.54) is 7.11 Å². The number of hydrogen-bond donors (Lipinski definition) is 1. The fraction of sp³-hybridized carbons (Fsp3) is 0.211. The first-order valence-electron chi connectivity index (χ1n) is 7.45. The molecule has 4 heteroatoms. The minimum atomic E-state index is -0.0310. The van der Waals surface area contributed by atoms with Gasteiger partial charge in [0.1, 0.15) is 5.75 Å². The minimum Gasteiger partial charge on any atom is -0.504 e. The maximum Gasteiger partial charge on any atom is 0.192 e. The van der Waals surface area contributed by atoms with Crippen molar-refractivity contribution in [3.05, 3.63) is 58.7 Å². The zero-order valence-electron chi connectivity index (χ0n) is 13.1. The van der Waals surface area contributed by atoms with Crippen molar-refractivity contribution in [2.45, 2.75) is 13.3 Å². The third-order valence-electron chi connectivity index (χ3n) is 3.91. The van der Waals surface area contributed by atoms with Gasteiger partial charge in [0.15, 0.2) is 17.3 Å². The number of hydrogen-bond acceptors (Lipinski definition) is 4. The van der Waals surface area contributed by atoms with Crippen LogP contribution in [0.15, 0.2) is 42.0 Å². The molecular formula is C19H18O4. The molecule has 1 heterocycles. The monoisotopic (exact) mass is 310 g/mol. The van der Waals surface area contributed by atoms with Crippen LogP contribution in [-0.4, -0.2) is 24.6 Å². The van der Waals surface area contributed by atoms with Gasteiger partial charge in [0, 0.05) is 12.0 Å². The molecule has 0 aromatic heterocycles. The number of fused-ring (bicyclic) bond motifs is 1. The van der Waals surface area contributed by atoms with E-state index in [1.54, 1.807) is 24.3 Å². The van der Waals surface area contributed by atoms with Gasteiger partial charge < -0.3 is 14.6 Å². The van der Waals surface area contributed by atoms with E-state index >= 15 is 0 Å². The van der Waals surface area contributed by atoms with Crippen molar-refractivity contribution in [3.63, 3.8) is 0 Å². The highest BCUT2D eigenvalue weighted by Gasteiger charge is 2.22. The van der Waals surface area contributed by atoms with Gasteiger partial charge in [0.2, 0.25) is 0 Å². The first-order valence-corrected chi connectivity index (χ1v) is 7.45. The molecule has 0 atom stereocenters. The van der Waals surface area contributed by atoms with Crippen molar-refractivity contribution < 1.29 is 19.4 Å². The summed E-state index contributed by atoms with van der Waals surface area (Å²) in [5.41, 5.74) is 2.97. The number of carbonyl (C=O) groups is 1. The molecule has 4 nitrogen and oxygen atoms in total. The van der Waals surface area contributed by atoms with E-state index in [9.17, 15) is 9.90 Å². The molecule has 0 saturated heterocycles. The molecule has 2 aromatic rings. The van der Waals surface area contributed by atoms with Crippen LogP contribution in [0.1, 0.15) is 27.9 Å². The van der Waals surface area contributed by atoms with Gasteiger partial charge in [0.05, 0.1) is 19.3 Å². The number of benzene rings is 2. The van der Waals surface area contributed by atoms with Crippen molar-refractivity contribution in [1.29, 1.82) is 0 Å². The Balaban J connectivity index is 2.00. The number of carbonyl (C=O) groups excluding carboxylic acids is 1. The van der Waals surface area contributed by atoms with E-state index in [2.05, 4.69) is 0 Å². The van der Waals surface area contributed by atoms with E-state index in [0.29, 0.717) is 35.7 Å². The molecule has 1 N–H and O–H groups in total. The predicted molar refractivity (Wildman–Crippen MR) is 88.3 cm³/mol. The van der Waals surface area contributed by atoms with Gasteiger partial charge in [-0.25, -0.2) is 0 Å². The molecule has 0 amide bonds. The van der Waals surface area contributed by atoms with Crippen LogP contribution < -0.4 is 9.47 Å². The van der Waals surface area contributed by atoms with Gasteiger partial charge in [-0.3, -0.25) is 4.79 Å². The van der Waals surface area contributed by atoms with Gasteiger partial charge in [-0.2, -0.15) is 0 Å². The molecule has 1 aliphatic rings. The third-order valence-corrected chi connectivity index (χ3v) is 3.91. The maximum absolute atomic E-state index is 12.8. The van der Waals surface area contributed by atoms with Crippen LogP contribution in [0, 0.1) is 6.92 Å². The second-order valence-electron chi connectivity index (χ2n) is 5.48. The average molecular weight is 310 g/mol. The van der Waals surface area contributed by atoms with E-state index in [0.717, 1.165) is 11.1 Å². The van der Waals surface area contributed by atoms with Crippen molar-refractivity contribution in [2.75, 3.05) is 13.7 Å². The van der Waals surface area contributed by atoms with E-state index in [1.807, 2.05) is 25.1 Å². The van der Waals surface area contributed by atoms with Crippen LogP contribution in [0.4, 0.5) is 0 Å². The summed E-state index contributed by atoms with van der Waals surface area (Å²) in [5.74, 6) is 1.09. The predicted octanol–water partition coefficient (Wildman–Crippen LogP) is 3.76. The SMILES string of the molecule is COc1ccc(/C=C2\CCOc3c(C)cccc3C2=O)cc1O. The highest BCUT2D eigenvalue weighted by atomic mass is 16.5. The number of ketones is 1. The lowest BCUT2D eigenvalue weighted by Crippen LogP contribution is -2.02. The van der Waals surface area contributed by atoms with Gasteiger partial charge in [-0.05, 0) is 42.3 Å². The number of ether oxygens (including phenoxy) is 2. The zero-order chi connectivity index (χ0) is 16.4. The van der Waals surface area contributed by atoms with Gasteiger partial charge in [-0.1, -0.05) is 18.2 Å². The molecule has 2 aromatic carbocycles. The van der Waals surface area contributed by atoms with Crippen LogP contribution in [0.5, 0.6) is 17.2 Å². The topological polar surface area (TPSA) is 55.8 Å². The van der Waals surface area contributed by atoms with E-state index < -0.39 is 0 Å². The molecular weight excluding hydrogens is 292 g/mol. The van der Waals surface area contributed by atoms with Gasteiger partial charge in [0.25, 0.3) is 0 Å². The van der Waals surface area contributed by atoms with E-state index in [4.69, 9.17) is 9.47 Å². The zero-order valence-corrected chi connectivity index (χ0v) is 13.1. The van der Waals surface area contributed by atoms with Crippen molar-refractivity contribution in [2.24, 2.45) is 0 Å². The fourth-order valence-electron chi connectivity index (χ4n) is 2.71. The summed E-state index contributed by atoms with van der Waals surface area (Å²) in [7, 11) is 1.50. The molecule has 0 spiro atoms. The Morgan fingerprint density at radius 1 is 1.26 bits per heavy atom. The molecule has 0 radical (unpaired) electrons. The molecule has 1 aliphatic heterocycles. The summed E-state index contributed by atoms with van der Waals surface area (Å²) in [6.45, 7) is 2.39. The number of aromatic hydroxyl groups is 1. The number of phenolic OH excluding ortho intramolecular Hbond substituents is 1. The fourth-order valence-corrected chi connectivity index (χ4v) is 2.71. The number of para-hydroxylation sites is 1. The lowest BCUT2D eigenvalue weighted by atomic mass is 9.97. The Kier molecular flexibility index (Phi) is 4.06. The summed E-state index contributed by atoms with van der Waals surface area (Å²) in [6, 6.07) is 10.6. The molecule has 3 rings (SSSR count). The lowest BCUT2D eigenvalue weighted by Gasteiger charge is -2.08. The standard InChI is InChI=1S/C19H18O4/c1-12-4-3-5-15-18(21)14(8-9-23-19(12)15)10-13-6-7-17(22-2)16(20)11-13/h3-7,10-11,20H,8-9H2,1-2H3/b14-10+. The third kappa shape index (κ3) is 2.93. The molecule has 0 saturated carbocycles. The summed E-state index contributed by atoms with van der Waals surface area (Å²) in [6.07, 6.45) is 2.32. The Morgan fingerprint density at radius 2 is 2.09 bits per heavy atom. The lowest BCUT2D eigenvalue weighted by molar-refractivity contribution is 0.103. The number of aryl methyl sites for hydroxylation is 1. The highest BCUT2D eigenvalue weighted by molar-refractivity contribution is 6.13. The van der Waals surface area contributed by atoms with Gasteiger partial charge in [-0.15, -0.1) is 0 Å². The number of Topliss-reactive ketones (excluding diaryl/α,β-unsaturated/α-hetero) is 1. The van der Waals surface area contributed by atoms with Crippen molar-refractivity contribution in [3.8, 4) is 17.2 Å². The second kappa shape index (κ2) is 6.16. The average Bonchev–Trinajstić information content (AvgIpc) is 2.69. The number of methoxy groups -OCH3 is 1. The van der Waals surface area contributed by atoms with Crippen molar-refractivity contribution >= 4 is 11.9 Å². The first-order chi connectivity index (χ1) is 11.1. The Bertz CT molecular complexity index is 790. The highest BCUT2D eigenvalue weighted by Crippen LogP contribution is 2.32. The molecule has 118 valence electrons. The summed E-state index contributed by atoms with van der Waals surface area (Å²) < 4.78 is 10.8. The molecule has 23 heavy (non-hydrogen) atoms. The maximum atomic E-state index is 12.8. The molecule has 0 fully saturated rings. The van der Waals surface area contributed by atoms with Gasteiger partial charge >= 0.3 is 0 Å². The Labute approximate surface area is 135 Å². The van der Waals surface area contributed by atoms with Crippen molar-refractivity contribution in [1.82, 2.24) is 0 Å². The van der Waals surface area contributed by atoms with E-state index in [-0.39, 0.29) is 11.5 Å². The molecule has 0 bridgehead atoms. The molecule has 0 aliphatic carbocycles. The number of phenols is 1. The summed E-state index contributed by atoms with van der Waals surface area (Å²) in [4.78, 5) is 12.8. The van der Waals surface area contributed by atoms with Crippen LogP contribution in [0.25, 0.3) is 6.08 Å². The number of rotatable bonds is 2. The second-order valence-corrected chi connectivity index (χ2v) is 5.48. The summed E-state index contributed by atoms with van der Waals surface area (Å²) in [5, 5.41) is 9.87. The minimum absolute atomic E-state index is 0.0310. The first kappa shape index (κ1) is 15.2.